The second kappa shape index (κ2) is 6.38. The highest BCUT2D eigenvalue weighted by Gasteiger charge is 2.34. The molecule has 0 amide bonds. The lowest BCUT2D eigenvalue weighted by atomic mass is 9.90. The molecular formula is C18H22N2O2. The van der Waals surface area contributed by atoms with Crippen LogP contribution in [0.5, 0.6) is 0 Å². The zero-order chi connectivity index (χ0) is 16.3. The number of carbonyl (C=O) groups excluding carboxylic acids is 2. The number of likely N-dealkylation sites (N-methyl/N-ethyl adjacent to an activating group) is 2. The fourth-order valence-electron chi connectivity index (χ4n) is 2.70. The zero-order valence-corrected chi connectivity index (χ0v) is 13.5. The molecular weight excluding hydrogens is 276 g/mol. The van der Waals surface area contributed by atoms with Crippen molar-refractivity contribution in [3.05, 3.63) is 59.7 Å². The molecule has 0 radical (unpaired) electrons. The van der Waals surface area contributed by atoms with Crippen LogP contribution in [-0.4, -0.2) is 55.2 Å². The van der Waals surface area contributed by atoms with E-state index < -0.39 is 11.6 Å². The Bertz CT molecular complexity index is 620. The number of hydrogen-bond donors (Lipinski definition) is 0. The average molecular weight is 298 g/mol. The Hall–Kier alpha value is -2.04. The lowest BCUT2D eigenvalue weighted by Gasteiger charge is -2.44. The third-order valence-corrected chi connectivity index (χ3v) is 4.21. The first-order valence-electron chi connectivity index (χ1n) is 7.27. The molecule has 4 heteroatoms. The summed E-state index contributed by atoms with van der Waals surface area (Å²) in [4.78, 5) is 28.8. The topological polar surface area (TPSA) is 40.6 Å². The largest absolute Gasteiger partial charge is 0.288 e. The molecule has 4 nitrogen and oxygen atoms in total. The summed E-state index contributed by atoms with van der Waals surface area (Å²) in [6.45, 7) is 0. The number of allylic oxidation sites excluding steroid dienone is 2. The summed E-state index contributed by atoms with van der Waals surface area (Å²) in [6.07, 6.45) is 6.25. The summed E-state index contributed by atoms with van der Waals surface area (Å²) < 4.78 is 0. The van der Waals surface area contributed by atoms with Crippen molar-refractivity contribution in [3.63, 3.8) is 0 Å². The van der Waals surface area contributed by atoms with Gasteiger partial charge in [-0.25, -0.2) is 0 Å². The maximum atomic E-state index is 12.4. The molecule has 22 heavy (non-hydrogen) atoms. The standard InChI is InChI=1S/C18H22N2O2/c1-19(2)18(20(3)4)12-10-15(11-13-18)17(22)16(21)14-8-6-5-7-9-14/h5-12H,13H2,1-4H3. The molecule has 1 aliphatic rings. The molecule has 1 aliphatic carbocycles. The highest BCUT2D eigenvalue weighted by Crippen LogP contribution is 2.28. The summed E-state index contributed by atoms with van der Waals surface area (Å²) in [5.41, 5.74) is 0.631. The number of hydrogen-bond acceptors (Lipinski definition) is 4. The quantitative estimate of drug-likeness (QED) is 0.474. The first kappa shape index (κ1) is 16.3. The van der Waals surface area contributed by atoms with Gasteiger partial charge in [-0.2, -0.15) is 0 Å². The smallest absolute Gasteiger partial charge is 0.233 e. The fourth-order valence-corrected chi connectivity index (χ4v) is 2.70. The van der Waals surface area contributed by atoms with Crippen LogP contribution in [0.15, 0.2) is 54.1 Å². The van der Waals surface area contributed by atoms with Crippen LogP contribution in [0.2, 0.25) is 0 Å². The van der Waals surface area contributed by atoms with Gasteiger partial charge in [-0.3, -0.25) is 19.4 Å². The van der Waals surface area contributed by atoms with Crippen molar-refractivity contribution < 1.29 is 9.59 Å². The molecule has 0 aromatic heterocycles. The van der Waals surface area contributed by atoms with Gasteiger partial charge in [-0.1, -0.05) is 42.5 Å². The Morgan fingerprint density at radius 3 is 2.00 bits per heavy atom. The number of Topliss-reactive ketones (excluding diaryl/α,β-unsaturated/α-hetero) is 2. The molecule has 0 unspecified atom stereocenters. The monoisotopic (exact) mass is 298 g/mol. The Morgan fingerprint density at radius 2 is 1.55 bits per heavy atom. The maximum Gasteiger partial charge on any atom is 0.233 e. The van der Waals surface area contributed by atoms with Crippen molar-refractivity contribution >= 4 is 11.6 Å². The van der Waals surface area contributed by atoms with Gasteiger partial charge in [0.15, 0.2) is 0 Å². The summed E-state index contributed by atoms with van der Waals surface area (Å²) >= 11 is 0. The molecule has 0 atom stereocenters. The van der Waals surface area contributed by atoms with Crippen molar-refractivity contribution in [2.24, 2.45) is 0 Å². The van der Waals surface area contributed by atoms with Gasteiger partial charge in [0.1, 0.15) is 0 Å². The van der Waals surface area contributed by atoms with Crippen LogP contribution >= 0.6 is 0 Å². The van der Waals surface area contributed by atoms with Gasteiger partial charge >= 0.3 is 0 Å². The number of nitrogens with zero attached hydrogens (tertiary/aromatic N) is 2. The Labute approximate surface area is 131 Å². The minimum Gasteiger partial charge on any atom is -0.288 e. The average Bonchev–Trinajstić information content (AvgIpc) is 2.54. The Morgan fingerprint density at radius 1 is 0.955 bits per heavy atom. The van der Waals surface area contributed by atoms with E-state index in [1.807, 2.05) is 46.4 Å². The van der Waals surface area contributed by atoms with Crippen molar-refractivity contribution in [1.82, 2.24) is 9.80 Å². The van der Waals surface area contributed by atoms with Gasteiger partial charge in [0.25, 0.3) is 0 Å². The summed E-state index contributed by atoms with van der Waals surface area (Å²) in [5.74, 6) is -0.910. The van der Waals surface area contributed by atoms with Gasteiger partial charge in [-0.15, -0.1) is 0 Å². The zero-order valence-electron chi connectivity index (χ0n) is 13.5. The molecule has 1 aromatic carbocycles. The van der Waals surface area contributed by atoms with Crippen molar-refractivity contribution in [2.75, 3.05) is 28.2 Å². The second-order valence-corrected chi connectivity index (χ2v) is 5.89. The lowest BCUT2D eigenvalue weighted by Crippen LogP contribution is -2.54. The lowest BCUT2D eigenvalue weighted by molar-refractivity contribution is -0.111. The molecule has 0 saturated carbocycles. The third-order valence-electron chi connectivity index (χ3n) is 4.21. The Kier molecular flexibility index (Phi) is 4.74. The van der Waals surface area contributed by atoms with Crippen LogP contribution in [0.4, 0.5) is 0 Å². The molecule has 1 aromatic rings. The summed E-state index contributed by atoms with van der Waals surface area (Å²) in [5, 5.41) is 0. The SMILES string of the molecule is CN(C)C1(N(C)C)C=CC(C(=O)C(=O)c2ccccc2)=CC1. The predicted molar refractivity (Wildman–Crippen MR) is 87.7 cm³/mol. The normalized spacial score (nSPS) is 16.7. The van der Waals surface area contributed by atoms with E-state index >= 15 is 0 Å². The van der Waals surface area contributed by atoms with Gasteiger partial charge in [0, 0.05) is 17.6 Å². The van der Waals surface area contributed by atoms with Gasteiger partial charge in [-0.05, 0) is 34.3 Å². The Balaban J connectivity index is 2.20. The minimum absolute atomic E-state index is 0.264. The molecule has 0 N–H and O–H groups in total. The molecule has 0 bridgehead atoms. The van der Waals surface area contributed by atoms with E-state index in [9.17, 15) is 9.59 Å². The van der Waals surface area contributed by atoms with E-state index in [4.69, 9.17) is 0 Å². The van der Waals surface area contributed by atoms with E-state index in [0.717, 1.165) is 0 Å². The van der Waals surface area contributed by atoms with Crippen LogP contribution in [0.25, 0.3) is 0 Å². The van der Waals surface area contributed by atoms with E-state index in [2.05, 4.69) is 9.80 Å². The minimum atomic E-state index is -0.460. The van der Waals surface area contributed by atoms with Crippen LogP contribution in [0, 0.1) is 0 Å². The van der Waals surface area contributed by atoms with E-state index in [0.29, 0.717) is 17.6 Å². The first-order valence-corrected chi connectivity index (χ1v) is 7.27. The summed E-state index contributed by atoms with van der Waals surface area (Å²) in [7, 11) is 8.00. The molecule has 0 fully saturated rings. The van der Waals surface area contributed by atoms with E-state index in [1.165, 1.54) is 0 Å². The molecule has 0 heterocycles. The molecule has 2 rings (SSSR count). The summed E-state index contributed by atoms with van der Waals surface area (Å²) in [6, 6.07) is 8.67. The maximum absolute atomic E-state index is 12.4. The van der Waals surface area contributed by atoms with E-state index in [-0.39, 0.29) is 5.66 Å². The van der Waals surface area contributed by atoms with Gasteiger partial charge in [0.2, 0.25) is 11.6 Å². The number of benzene rings is 1. The van der Waals surface area contributed by atoms with Crippen LogP contribution in [0.1, 0.15) is 16.8 Å². The predicted octanol–water partition coefficient (Wildman–Crippen LogP) is 2.14. The van der Waals surface area contributed by atoms with Crippen molar-refractivity contribution in [3.8, 4) is 0 Å². The first-order chi connectivity index (χ1) is 10.4. The van der Waals surface area contributed by atoms with Crippen LogP contribution < -0.4 is 0 Å². The highest BCUT2D eigenvalue weighted by atomic mass is 16.2. The highest BCUT2D eigenvalue weighted by molar-refractivity contribution is 6.49. The van der Waals surface area contributed by atoms with Crippen molar-refractivity contribution in [1.29, 1.82) is 0 Å². The molecule has 0 aliphatic heterocycles. The number of rotatable bonds is 5. The number of carbonyl (C=O) groups is 2. The van der Waals surface area contributed by atoms with Gasteiger partial charge < -0.3 is 0 Å². The number of ketones is 2. The van der Waals surface area contributed by atoms with Crippen molar-refractivity contribution in [2.45, 2.75) is 12.1 Å². The molecule has 0 spiro atoms. The fraction of sp³-hybridized carbons (Fsp3) is 0.333. The van der Waals surface area contributed by atoms with Crippen LogP contribution in [0.3, 0.4) is 0 Å². The molecule has 0 saturated heterocycles. The van der Waals surface area contributed by atoms with Crippen LogP contribution in [-0.2, 0) is 4.79 Å². The second-order valence-electron chi connectivity index (χ2n) is 5.89. The van der Waals surface area contributed by atoms with Gasteiger partial charge in [0.05, 0.1) is 5.66 Å². The van der Waals surface area contributed by atoms with E-state index in [1.54, 1.807) is 30.3 Å². The third kappa shape index (κ3) is 2.93. The molecule has 116 valence electrons.